The number of nitrogens with one attached hydrogen (secondary N) is 1. The van der Waals surface area contributed by atoms with Gasteiger partial charge in [0.25, 0.3) is 11.6 Å². The van der Waals surface area contributed by atoms with Crippen molar-refractivity contribution in [1.29, 1.82) is 0 Å². The highest BCUT2D eigenvalue weighted by Crippen LogP contribution is 2.34. The summed E-state index contributed by atoms with van der Waals surface area (Å²) in [5.41, 5.74) is 3.99. The quantitative estimate of drug-likeness (QED) is 0.154. The van der Waals surface area contributed by atoms with E-state index in [1.807, 2.05) is 25.1 Å². The third-order valence-corrected chi connectivity index (χ3v) is 5.38. The van der Waals surface area contributed by atoms with Gasteiger partial charge in [0.15, 0.2) is 11.5 Å². The lowest BCUT2D eigenvalue weighted by molar-refractivity contribution is -0.384. The van der Waals surface area contributed by atoms with E-state index in [-0.39, 0.29) is 11.3 Å². The summed E-state index contributed by atoms with van der Waals surface area (Å²) in [6.07, 6.45) is 1.46. The molecule has 3 aromatic rings. The van der Waals surface area contributed by atoms with Gasteiger partial charge in [0.2, 0.25) is 0 Å². The fraction of sp³-hybridized carbons (Fsp3) is 0.130. The second kappa shape index (κ2) is 11.6. The number of hydrogen-bond acceptors (Lipinski definition) is 6. The second-order valence-electron chi connectivity index (χ2n) is 6.68. The van der Waals surface area contributed by atoms with Crippen LogP contribution in [-0.2, 0) is 6.61 Å². The number of nitrogens with zero attached hydrogens (tertiary/aromatic N) is 2. The molecule has 0 saturated carbocycles. The fourth-order valence-electron chi connectivity index (χ4n) is 2.79. The maximum Gasteiger partial charge on any atom is 0.271 e. The Labute approximate surface area is 208 Å². The number of hydrogen-bond donors (Lipinski definition) is 1. The van der Waals surface area contributed by atoms with E-state index in [4.69, 9.17) is 21.1 Å². The third kappa shape index (κ3) is 6.90. The lowest BCUT2D eigenvalue weighted by Crippen LogP contribution is -2.17. The Bertz CT molecular complexity index is 1190. The molecular weight excluding hydrogens is 561 g/mol. The molecule has 0 saturated heterocycles. The van der Waals surface area contributed by atoms with Crippen LogP contribution in [0.2, 0.25) is 5.02 Å². The molecule has 0 spiro atoms. The van der Waals surface area contributed by atoms with E-state index in [0.717, 1.165) is 9.13 Å². The Morgan fingerprint density at radius 1 is 1.18 bits per heavy atom. The Kier molecular flexibility index (Phi) is 8.61. The Morgan fingerprint density at radius 2 is 1.94 bits per heavy atom. The summed E-state index contributed by atoms with van der Waals surface area (Å²) in [5.74, 6) is 0.590. The monoisotopic (exact) mass is 579 g/mol. The number of hydrazone groups is 1. The molecule has 0 bridgehead atoms. The van der Waals surface area contributed by atoms with Gasteiger partial charge in [-0.2, -0.15) is 5.10 Å². The van der Waals surface area contributed by atoms with Crippen LogP contribution in [-0.4, -0.2) is 23.7 Å². The molecule has 0 atom stereocenters. The summed E-state index contributed by atoms with van der Waals surface area (Å²) in [5, 5.41) is 15.5. The van der Waals surface area contributed by atoms with Gasteiger partial charge in [-0.1, -0.05) is 29.8 Å². The minimum absolute atomic E-state index is 0.136. The van der Waals surface area contributed by atoms with E-state index in [0.29, 0.717) is 35.3 Å². The van der Waals surface area contributed by atoms with Crippen molar-refractivity contribution in [3.8, 4) is 11.5 Å². The van der Waals surface area contributed by atoms with Gasteiger partial charge in [0.1, 0.15) is 6.61 Å². The summed E-state index contributed by atoms with van der Waals surface area (Å²) in [6.45, 7) is 2.66. The summed E-state index contributed by atoms with van der Waals surface area (Å²) >= 11 is 8.07. The first-order valence-corrected chi connectivity index (χ1v) is 11.2. The van der Waals surface area contributed by atoms with Gasteiger partial charge in [-0.15, -0.1) is 0 Å². The molecule has 3 rings (SSSR count). The van der Waals surface area contributed by atoms with E-state index < -0.39 is 10.8 Å². The standard InChI is InChI=1S/C23H19ClIN3O5/c1-2-32-21-11-16(10-20(25)22(21)33-14-15-6-8-18(24)9-7-15)13-26-27-23(29)17-4-3-5-19(12-17)28(30)31/h3-13H,2,14H2,1H3,(H,27,29)/b26-13+. The van der Waals surface area contributed by atoms with Crippen molar-refractivity contribution in [1.82, 2.24) is 5.43 Å². The summed E-state index contributed by atoms with van der Waals surface area (Å²) in [7, 11) is 0. The molecule has 0 aromatic heterocycles. The Balaban J connectivity index is 1.72. The molecule has 0 heterocycles. The van der Waals surface area contributed by atoms with Gasteiger partial charge >= 0.3 is 0 Å². The molecule has 10 heteroatoms. The topological polar surface area (TPSA) is 103 Å². The van der Waals surface area contributed by atoms with Crippen LogP contribution in [0, 0.1) is 13.7 Å². The number of rotatable bonds is 9. The highest BCUT2D eigenvalue weighted by molar-refractivity contribution is 14.1. The molecule has 1 N–H and O–H groups in total. The number of nitro groups is 1. The van der Waals surface area contributed by atoms with Crippen LogP contribution in [0.4, 0.5) is 5.69 Å². The van der Waals surface area contributed by atoms with Crippen molar-refractivity contribution in [2.24, 2.45) is 5.10 Å². The van der Waals surface area contributed by atoms with Gasteiger partial charge in [-0.3, -0.25) is 14.9 Å². The lowest BCUT2D eigenvalue weighted by atomic mass is 10.2. The Morgan fingerprint density at radius 3 is 2.64 bits per heavy atom. The van der Waals surface area contributed by atoms with Gasteiger partial charge in [-0.25, -0.2) is 5.43 Å². The van der Waals surface area contributed by atoms with Gasteiger partial charge in [0.05, 0.1) is 21.3 Å². The van der Waals surface area contributed by atoms with Crippen molar-refractivity contribution < 1.29 is 19.2 Å². The van der Waals surface area contributed by atoms with E-state index in [2.05, 4.69) is 33.1 Å². The number of ether oxygens (including phenoxy) is 2. The number of carbonyl (C=O) groups is 1. The van der Waals surface area contributed by atoms with Crippen LogP contribution < -0.4 is 14.9 Å². The largest absolute Gasteiger partial charge is 0.490 e. The maximum absolute atomic E-state index is 12.2. The highest BCUT2D eigenvalue weighted by Gasteiger charge is 2.13. The van der Waals surface area contributed by atoms with Gasteiger partial charge < -0.3 is 9.47 Å². The van der Waals surface area contributed by atoms with Crippen molar-refractivity contribution >= 4 is 52.0 Å². The van der Waals surface area contributed by atoms with Crippen LogP contribution in [0.1, 0.15) is 28.4 Å². The van der Waals surface area contributed by atoms with Crippen molar-refractivity contribution in [3.05, 3.63) is 96.1 Å². The molecule has 0 fully saturated rings. The summed E-state index contributed by atoms with van der Waals surface area (Å²) in [6, 6.07) is 16.4. The van der Waals surface area contributed by atoms with E-state index in [9.17, 15) is 14.9 Å². The predicted molar refractivity (Wildman–Crippen MR) is 134 cm³/mol. The zero-order valence-corrected chi connectivity index (χ0v) is 20.4. The summed E-state index contributed by atoms with van der Waals surface area (Å²) in [4.78, 5) is 22.6. The Hall–Kier alpha value is -3.18. The van der Waals surface area contributed by atoms with Gasteiger partial charge in [-0.05, 0) is 71.0 Å². The first kappa shape index (κ1) is 24.5. The summed E-state index contributed by atoms with van der Waals surface area (Å²) < 4.78 is 12.5. The molecule has 8 nitrogen and oxygen atoms in total. The smallest absolute Gasteiger partial charge is 0.271 e. The molecule has 0 aliphatic carbocycles. The SMILES string of the molecule is CCOc1cc(/C=N/NC(=O)c2cccc([N+](=O)[O-])c2)cc(I)c1OCc1ccc(Cl)cc1. The zero-order valence-electron chi connectivity index (χ0n) is 17.5. The minimum Gasteiger partial charge on any atom is -0.490 e. The molecule has 0 aliphatic heterocycles. The molecule has 1 amide bonds. The molecule has 0 unspecified atom stereocenters. The zero-order chi connectivity index (χ0) is 23.8. The number of amides is 1. The maximum atomic E-state index is 12.2. The second-order valence-corrected chi connectivity index (χ2v) is 8.28. The minimum atomic E-state index is -0.562. The van der Waals surface area contributed by atoms with E-state index in [1.54, 1.807) is 18.2 Å². The van der Waals surface area contributed by atoms with E-state index in [1.165, 1.54) is 30.5 Å². The predicted octanol–water partition coefficient (Wildman–Crippen LogP) is 5.59. The van der Waals surface area contributed by atoms with E-state index >= 15 is 0 Å². The third-order valence-electron chi connectivity index (χ3n) is 4.33. The van der Waals surface area contributed by atoms with Crippen LogP contribution >= 0.6 is 34.2 Å². The highest BCUT2D eigenvalue weighted by atomic mass is 127. The number of nitro benzene ring substituents is 1. The lowest BCUT2D eigenvalue weighted by Gasteiger charge is -2.15. The number of benzene rings is 3. The van der Waals surface area contributed by atoms with Crippen LogP contribution in [0.5, 0.6) is 11.5 Å². The van der Waals surface area contributed by atoms with Crippen molar-refractivity contribution in [2.45, 2.75) is 13.5 Å². The number of non-ortho nitro benzene ring substituents is 1. The first-order chi connectivity index (χ1) is 15.9. The van der Waals surface area contributed by atoms with Gasteiger partial charge in [0, 0.05) is 22.7 Å². The fourth-order valence-corrected chi connectivity index (χ4v) is 3.70. The van der Waals surface area contributed by atoms with Crippen LogP contribution in [0.15, 0.2) is 65.8 Å². The molecule has 3 aromatic carbocycles. The average molecular weight is 580 g/mol. The van der Waals surface area contributed by atoms with Crippen LogP contribution in [0.25, 0.3) is 0 Å². The molecular formula is C23H19ClIN3O5. The first-order valence-electron chi connectivity index (χ1n) is 9.79. The van der Waals surface area contributed by atoms with Crippen LogP contribution in [0.3, 0.4) is 0 Å². The number of halogens is 2. The molecule has 33 heavy (non-hydrogen) atoms. The van der Waals surface area contributed by atoms with Crippen molar-refractivity contribution in [2.75, 3.05) is 6.61 Å². The average Bonchev–Trinajstić information content (AvgIpc) is 2.80. The molecule has 170 valence electrons. The molecule has 0 radical (unpaired) electrons. The van der Waals surface area contributed by atoms with Crippen molar-refractivity contribution in [3.63, 3.8) is 0 Å². The number of carbonyl (C=O) groups excluding carboxylic acids is 1. The molecule has 0 aliphatic rings. The normalized spacial score (nSPS) is 10.8.